The van der Waals surface area contributed by atoms with Gasteiger partial charge in [0, 0.05) is 20.7 Å². The summed E-state index contributed by atoms with van der Waals surface area (Å²) in [5.41, 5.74) is 4.27. The molecular formula is C18H18N2OS2. The van der Waals surface area contributed by atoms with Gasteiger partial charge in [-0.3, -0.25) is 4.79 Å². The van der Waals surface area contributed by atoms with Crippen LogP contribution in [0.1, 0.15) is 20.9 Å². The van der Waals surface area contributed by atoms with Gasteiger partial charge in [0.15, 0.2) is 5.13 Å². The van der Waals surface area contributed by atoms with Crippen molar-refractivity contribution in [2.24, 2.45) is 0 Å². The molecule has 2 heterocycles. The molecule has 1 N–H and O–H groups in total. The first kappa shape index (κ1) is 15.9. The van der Waals surface area contributed by atoms with E-state index < -0.39 is 0 Å². The van der Waals surface area contributed by atoms with Crippen molar-refractivity contribution < 1.29 is 4.79 Å². The summed E-state index contributed by atoms with van der Waals surface area (Å²) in [6.07, 6.45) is 0.373. The first-order valence-electron chi connectivity index (χ1n) is 7.40. The maximum atomic E-state index is 12.2. The summed E-state index contributed by atoms with van der Waals surface area (Å²) < 4.78 is 0. The van der Waals surface area contributed by atoms with Crippen molar-refractivity contribution in [2.75, 3.05) is 5.32 Å². The van der Waals surface area contributed by atoms with Crippen molar-refractivity contribution in [1.82, 2.24) is 4.98 Å². The van der Waals surface area contributed by atoms with E-state index in [4.69, 9.17) is 0 Å². The molecule has 2 aromatic heterocycles. The van der Waals surface area contributed by atoms with Crippen LogP contribution in [0.15, 0.2) is 35.7 Å². The zero-order chi connectivity index (χ0) is 16.4. The topological polar surface area (TPSA) is 42.0 Å². The highest BCUT2D eigenvalue weighted by atomic mass is 32.1. The van der Waals surface area contributed by atoms with Gasteiger partial charge in [-0.2, -0.15) is 0 Å². The molecule has 0 aliphatic carbocycles. The van der Waals surface area contributed by atoms with E-state index in [1.54, 1.807) is 11.3 Å². The molecule has 0 aliphatic rings. The van der Waals surface area contributed by atoms with Gasteiger partial charge in [-0.1, -0.05) is 24.3 Å². The fourth-order valence-electron chi connectivity index (χ4n) is 2.48. The number of amides is 1. The molecule has 0 bridgehead atoms. The Labute approximate surface area is 144 Å². The lowest BCUT2D eigenvalue weighted by molar-refractivity contribution is -0.115. The van der Waals surface area contributed by atoms with Crippen LogP contribution >= 0.6 is 22.7 Å². The van der Waals surface area contributed by atoms with E-state index in [9.17, 15) is 4.79 Å². The largest absolute Gasteiger partial charge is 0.302 e. The lowest BCUT2D eigenvalue weighted by Crippen LogP contribution is -2.14. The number of thiazole rings is 1. The van der Waals surface area contributed by atoms with Crippen molar-refractivity contribution in [3.63, 3.8) is 0 Å². The van der Waals surface area contributed by atoms with Gasteiger partial charge in [-0.05, 0) is 38.0 Å². The molecule has 0 fully saturated rings. The molecule has 0 unspecified atom stereocenters. The highest BCUT2D eigenvalue weighted by Gasteiger charge is 2.12. The second-order valence-corrected chi connectivity index (χ2v) is 7.83. The maximum Gasteiger partial charge on any atom is 0.230 e. The minimum absolute atomic E-state index is 0.0292. The smallest absolute Gasteiger partial charge is 0.230 e. The predicted octanol–water partition coefficient (Wildman–Crippen LogP) is 4.98. The molecule has 0 aliphatic heterocycles. The maximum absolute atomic E-state index is 12.2. The summed E-state index contributed by atoms with van der Waals surface area (Å²) >= 11 is 3.23. The number of hydrogen-bond donors (Lipinski definition) is 1. The number of nitrogens with one attached hydrogen (secondary N) is 1. The number of benzene rings is 1. The summed E-state index contributed by atoms with van der Waals surface area (Å²) in [6, 6.07) is 10.1. The summed E-state index contributed by atoms with van der Waals surface area (Å²) in [6.45, 7) is 6.22. The molecule has 3 nitrogen and oxygen atoms in total. The second-order valence-electron chi connectivity index (χ2n) is 5.52. The molecule has 0 atom stereocenters. The quantitative estimate of drug-likeness (QED) is 0.726. The average molecular weight is 342 g/mol. The van der Waals surface area contributed by atoms with Crippen LogP contribution in [0, 0.1) is 20.8 Å². The Bertz CT molecular complexity index is 848. The number of carbonyl (C=O) groups excluding carboxylic acids is 1. The predicted molar refractivity (Wildman–Crippen MR) is 98.4 cm³/mol. The van der Waals surface area contributed by atoms with E-state index in [0.29, 0.717) is 11.6 Å². The lowest BCUT2D eigenvalue weighted by atomic mass is 10.1. The molecule has 0 saturated heterocycles. The van der Waals surface area contributed by atoms with Crippen LogP contribution < -0.4 is 5.32 Å². The monoisotopic (exact) mass is 342 g/mol. The molecule has 23 heavy (non-hydrogen) atoms. The number of carbonyl (C=O) groups is 1. The number of nitrogens with zero attached hydrogens (tertiary/aromatic N) is 1. The third-order valence-electron chi connectivity index (χ3n) is 3.68. The molecule has 5 heteroatoms. The number of aryl methyl sites for hydroxylation is 3. The number of aromatic nitrogens is 1. The van der Waals surface area contributed by atoms with Crippen LogP contribution in [0.2, 0.25) is 0 Å². The summed E-state index contributed by atoms with van der Waals surface area (Å²) in [5.74, 6) is -0.0292. The van der Waals surface area contributed by atoms with Gasteiger partial charge in [0.1, 0.15) is 0 Å². The van der Waals surface area contributed by atoms with Gasteiger partial charge in [0.2, 0.25) is 5.91 Å². The van der Waals surface area contributed by atoms with E-state index in [2.05, 4.69) is 30.2 Å². The van der Waals surface area contributed by atoms with Crippen molar-refractivity contribution in [2.45, 2.75) is 27.2 Å². The normalized spacial score (nSPS) is 10.7. The van der Waals surface area contributed by atoms with Gasteiger partial charge in [0.25, 0.3) is 0 Å². The fourth-order valence-corrected chi connectivity index (χ4v) is 4.14. The number of thiophene rings is 1. The van der Waals surface area contributed by atoms with Crippen molar-refractivity contribution >= 4 is 33.7 Å². The van der Waals surface area contributed by atoms with Crippen molar-refractivity contribution in [1.29, 1.82) is 0 Å². The van der Waals surface area contributed by atoms with Gasteiger partial charge in [-0.15, -0.1) is 22.7 Å². The molecule has 0 radical (unpaired) electrons. The van der Waals surface area contributed by atoms with Crippen LogP contribution in [0.5, 0.6) is 0 Å². The van der Waals surface area contributed by atoms with E-state index in [0.717, 1.165) is 22.4 Å². The minimum Gasteiger partial charge on any atom is -0.302 e. The van der Waals surface area contributed by atoms with Gasteiger partial charge in [-0.25, -0.2) is 4.98 Å². The van der Waals surface area contributed by atoms with E-state index >= 15 is 0 Å². The van der Waals surface area contributed by atoms with Crippen LogP contribution in [-0.2, 0) is 11.2 Å². The van der Waals surface area contributed by atoms with Crippen molar-refractivity contribution in [3.8, 4) is 11.3 Å². The average Bonchev–Trinajstić information content (AvgIpc) is 3.07. The summed E-state index contributed by atoms with van der Waals surface area (Å²) in [4.78, 5) is 19.3. The number of anilines is 1. The zero-order valence-corrected chi connectivity index (χ0v) is 15.0. The SMILES string of the molecule is Cc1cc(-c2csc(NC(=O)Cc3ccccc3C)n2)c(C)s1. The Kier molecular flexibility index (Phi) is 4.59. The first-order valence-corrected chi connectivity index (χ1v) is 9.10. The molecular weight excluding hydrogens is 324 g/mol. The molecule has 0 saturated carbocycles. The molecule has 3 aromatic rings. The van der Waals surface area contributed by atoms with Crippen LogP contribution in [0.3, 0.4) is 0 Å². The second kappa shape index (κ2) is 6.64. The molecule has 0 spiro atoms. The summed E-state index contributed by atoms with van der Waals surface area (Å²) in [7, 11) is 0. The fraction of sp³-hybridized carbons (Fsp3) is 0.222. The lowest BCUT2D eigenvalue weighted by Gasteiger charge is -2.05. The van der Waals surface area contributed by atoms with Crippen LogP contribution in [0.4, 0.5) is 5.13 Å². The Morgan fingerprint density at radius 2 is 2.00 bits per heavy atom. The van der Waals surface area contributed by atoms with Crippen LogP contribution in [0.25, 0.3) is 11.3 Å². The molecule has 118 valence electrons. The van der Waals surface area contributed by atoms with E-state index in [1.165, 1.54) is 21.1 Å². The third kappa shape index (κ3) is 3.68. The number of rotatable bonds is 4. The summed E-state index contributed by atoms with van der Waals surface area (Å²) in [5, 5.41) is 5.56. The highest BCUT2D eigenvalue weighted by Crippen LogP contribution is 2.32. The van der Waals surface area contributed by atoms with Gasteiger partial charge >= 0.3 is 0 Å². The van der Waals surface area contributed by atoms with Crippen molar-refractivity contribution in [3.05, 3.63) is 56.6 Å². The molecule has 3 rings (SSSR count). The van der Waals surface area contributed by atoms with E-state index in [1.807, 2.05) is 36.6 Å². The van der Waals surface area contributed by atoms with E-state index in [-0.39, 0.29) is 5.91 Å². The highest BCUT2D eigenvalue weighted by molar-refractivity contribution is 7.14. The first-order chi connectivity index (χ1) is 11.0. The molecule has 1 amide bonds. The Hall–Kier alpha value is -1.98. The zero-order valence-electron chi connectivity index (χ0n) is 13.3. The Balaban J connectivity index is 1.71. The van der Waals surface area contributed by atoms with Gasteiger partial charge in [0.05, 0.1) is 12.1 Å². The molecule has 1 aromatic carbocycles. The Morgan fingerprint density at radius 1 is 1.22 bits per heavy atom. The third-order valence-corrected chi connectivity index (χ3v) is 5.40. The Morgan fingerprint density at radius 3 is 2.70 bits per heavy atom. The number of hydrogen-bond acceptors (Lipinski definition) is 4. The van der Waals surface area contributed by atoms with Crippen LogP contribution in [-0.4, -0.2) is 10.9 Å². The van der Waals surface area contributed by atoms with Gasteiger partial charge < -0.3 is 5.32 Å². The standard InChI is InChI=1S/C18H18N2OS2/c1-11-6-4-5-7-14(11)9-17(21)20-18-19-16(10-22-18)15-8-12(2)23-13(15)3/h4-8,10H,9H2,1-3H3,(H,19,20,21). The minimum atomic E-state index is -0.0292.